The van der Waals surface area contributed by atoms with Gasteiger partial charge >= 0.3 is 23.5 Å². The molecule has 9 N–H and O–H groups in total. The molecule has 0 spiro atoms. The third-order valence-electron chi connectivity index (χ3n) is 6.03. The van der Waals surface area contributed by atoms with Crippen molar-refractivity contribution in [1.82, 2.24) is 19.5 Å². The minimum Gasteiger partial charge on any atom is -0.468 e. The fourth-order valence-electron chi connectivity index (χ4n) is 4.21. The standard InChI is InChI=1S/C21H26N7O15P3/c1-11(13-5-4-12(3-2-6-22)7-14(13)28(30)31)40-20-18-19(25-21(23)26-20)27(10-24-18)17-8-15(29)16(41-17)9-39-45(35,36)43-46(37,38)42-44(32,33)34/h4-5,7,10-11,15-17,29H,6,8-9,22H2,1H3,(H,35,36)(H,37,38)(H2,23,25,26)(H2,32,33,34)/t11?,15-,16+,17+/m0/s1. The number of nitrogens with two attached hydrogens (primary N) is 2. The second-order valence-electron chi connectivity index (χ2n) is 9.33. The smallest absolute Gasteiger partial charge is 0.468 e. The van der Waals surface area contributed by atoms with Gasteiger partial charge in [0.2, 0.25) is 11.8 Å². The number of nitrogens with zero attached hydrogens (tertiary/aromatic N) is 5. The SMILES string of the molecule is CC(Oc1nc(N)nc2c1ncn2[C@H]1C[C@H](O)[C@@H](COP(=O)(O)OP(=O)(O)OP(=O)(O)O)O1)c1ccc(C#CCN)cc1[N+](=O)[O-]. The minimum absolute atomic E-state index is 0.0577. The highest BCUT2D eigenvalue weighted by atomic mass is 31.3. The molecule has 2 aromatic heterocycles. The van der Waals surface area contributed by atoms with Gasteiger partial charge in [0.05, 0.1) is 36.1 Å². The van der Waals surface area contributed by atoms with Crippen LogP contribution in [-0.4, -0.2) is 74.5 Å². The van der Waals surface area contributed by atoms with Crippen LogP contribution in [-0.2, 0) is 31.6 Å². The summed E-state index contributed by atoms with van der Waals surface area (Å²) in [7, 11) is -16.8. The van der Waals surface area contributed by atoms with E-state index >= 15 is 0 Å². The van der Waals surface area contributed by atoms with Gasteiger partial charge in [-0.1, -0.05) is 11.8 Å². The van der Waals surface area contributed by atoms with Crippen LogP contribution in [0.1, 0.15) is 36.8 Å². The molecule has 1 saturated heterocycles. The van der Waals surface area contributed by atoms with Gasteiger partial charge in [-0.25, -0.2) is 18.7 Å². The monoisotopic (exact) mass is 709 g/mol. The number of benzene rings is 1. The van der Waals surface area contributed by atoms with E-state index < -0.39 is 59.5 Å². The van der Waals surface area contributed by atoms with E-state index in [0.717, 1.165) is 0 Å². The normalized spacial score (nSPS) is 21.6. The first-order valence-corrected chi connectivity index (χ1v) is 17.2. The van der Waals surface area contributed by atoms with Gasteiger partial charge in [0, 0.05) is 18.1 Å². The molecule has 25 heteroatoms. The zero-order chi connectivity index (χ0) is 34.0. The van der Waals surface area contributed by atoms with Gasteiger partial charge in [-0.15, -0.1) is 0 Å². The topological polar surface area (TPSA) is 337 Å². The number of aliphatic hydroxyl groups is 1. The van der Waals surface area contributed by atoms with Crippen molar-refractivity contribution in [3.63, 3.8) is 0 Å². The van der Waals surface area contributed by atoms with Crippen molar-refractivity contribution in [1.29, 1.82) is 0 Å². The van der Waals surface area contributed by atoms with Gasteiger partial charge in [0.25, 0.3) is 5.69 Å². The fraction of sp³-hybridized carbons (Fsp3) is 0.381. The lowest BCUT2D eigenvalue weighted by Gasteiger charge is -2.19. The van der Waals surface area contributed by atoms with E-state index in [2.05, 4.69) is 39.9 Å². The number of nitrogen functional groups attached to an aromatic ring is 1. The summed E-state index contributed by atoms with van der Waals surface area (Å²) in [6, 6.07) is 4.31. The van der Waals surface area contributed by atoms with E-state index in [1.807, 2.05) is 0 Å². The summed E-state index contributed by atoms with van der Waals surface area (Å²) in [5, 5.41) is 22.2. The first-order valence-electron chi connectivity index (χ1n) is 12.6. The number of nitro groups is 1. The Hall–Kier alpha value is -3.38. The predicted octanol–water partition coefficient (Wildman–Crippen LogP) is 0.759. The number of aromatic nitrogens is 4. The van der Waals surface area contributed by atoms with E-state index in [4.69, 9.17) is 30.7 Å². The molecular weight excluding hydrogens is 683 g/mol. The van der Waals surface area contributed by atoms with E-state index in [-0.39, 0.29) is 47.2 Å². The summed E-state index contributed by atoms with van der Waals surface area (Å²) in [6.45, 7) is 0.708. The lowest BCUT2D eigenvalue weighted by atomic mass is 10.1. The average molecular weight is 709 g/mol. The number of hydrogen-bond acceptors (Lipinski definition) is 16. The van der Waals surface area contributed by atoms with E-state index in [9.17, 15) is 38.7 Å². The number of anilines is 1. The van der Waals surface area contributed by atoms with Crippen molar-refractivity contribution in [2.45, 2.75) is 37.9 Å². The van der Waals surface area contributed by atoms with Crippen molar-refractivity contribution in [2.24, 2.45) is 5.73 Å². The minimum atomic E-state index is -5.74. The van der Waals surface area contributed by atoms with Crippen molar-refractivity contribution < 1.29 is 65.9 Å². The Kier molecular flexibility index (Phi) is 10.6. The number of aliphatic hydroxyl groups excluding tert-OH is 1. The lowest BCUT2D eigenvalue weighted by molar-refractivity contribution is -0.386. The highest BCUT2D eigenvalue weighted by Gasteiger charge is 2.43. The van der Waals surface area contributed by atoms with Crippen LogP contribution in [0, 0.1) is 22.0 Å². The molecule has 1 aliphatic rings. The van der Waals surface area contributed by atoms with Gasteiger partial charge in [-0.2, -0.15) is 18.6 Å². The molecule has 1 aromatic carbocycles. The third kappa shape index (κ3) is 8.90. The number of phosphoric acid groups is 3. The fourth-order valence-corrected chi connectivity index (χ4v) is 7.24. The first-order chi connectivity index (χ1) is 21.4. The molecule has 0 radical (unpaired) electrons. The summed E-state index contributed by atoms with van der Waals surface area (Å²) in [4.78, 5) is 59.8. The molecule has 22 nitrogen and oxygen atoms in total. The maximum Gasteiger partial charge on any atom is 0.490 e. The summed E-state index contributed by atoms with van der Waals surface area (Å²) in [5.74, 6) is 4.92. The Morgan fingerprint density at radius 2 is 1.91 bits per heavy atom. The van der Waals surface area contributed by atoms with Gasteiger partial charge in [-0.3, -0.25) is 19.2 Å². The van der Waals surface area contributed by atoms with Crippen LogP contribution in [0.4, 0.5) is 11.6 Å². The first kappa shape index (κ1) is 35.5. The second kappa shape index (κ2) is 13.8. The molecule has 0 saturated carbocycles. The zero-order valence-corrected chi connectivity index (χ0v) is 26.0. The van der Waals surface area contributed by atoms with Crippen LogP contribution < -0.4 is 16.2 Å². The quantitative estimate of drug-likeness (QED) is 0.0590. The summed E-state index contributed by atoms with van der Waals surface area (Å²) in [6.07, 6.45) is -3.56. The van der Waals surface area contributed by atoms with Crippen LogP contribution in [0.15, 0.2) is 24.5 Å². The second-order valence-corrected chi connectivity index (χ2v) is 13.7. The van der Waals surface area contributed by atoms with E-state index in [1.54, 1.807) is 6.07 Å². The van der Waals surface area contributed by atoms with Crippen LogP contribution >= 0.6 is 23.5 Å². The molecule has 6 atom stereocenters. The molecule has 1 fully saturated rings. The Bertz CT molecular complexity index is 1840. The number of ether oxygens (including phenoxy) is 2. The van der Waals surface area contributed by atoms with Gasteiger partial charge in [0.1, 0.15) is 18.4 Å². The Morgan fingerprint density at radius 1 is 1.20 bits per heavy atom. The molecule has 250 valence electrons. The molecule has 0 amide bonds. The van der Waals surface area contributed by atoms with E-state index in [1.165, 1.54) is 30.0 Å². The Labute approximate surface area is 257 Å². The number of rotatable bonds is 12. The molecule has 4 rings (SSSR count). The van der Waals surface area contributed by atoms with Crippen LogP contribution in [0.3, 0.4) is 0 Å². The largest absolute Gasteiger partial charge is 0.490 e. The highest BCUT2D eigenvalue weighted by Crippen LogP contribution is 2.66. The molecule has 3 aromatic rings. The van der Waals surface area contributed by atoms with Crippen LogP contribution in [0.5, 0.6) is 5.88 Å². The summed E-state index contributed by atoms with van der Waals surface area (Å²) < 4.78 is 59.1. The van der Waals surface area contributed by atoms with Crippen molar-refractivity contribution in [3.05, 3.63) is 45.8 Å². The highest BCUT2D eigenvalue weighted by molar-refractivity contribution is 7.66. The number of imidazole rings is 1. The van der Waals surface area contributed by atoms with Crippen molar-refractivity contribution >= 4 is 46.3 Å². The maximum absolute atomic E-state index is 12.0. The Balaban J connectivity index is 1.51. The molecule has 0 aliphatic carbocycles. The Morgan fingerprint density at radius 3 is 2.57 bits per heavy atom. The molecule has 1 aliphatic heterocycles. The molecule has 0 bridgehead atoms. The molecular formula is C21H26N7O15P3. The molecule has 3 heterocycles. The van der Waals surface area contributed by atoms with Gasteiger partial charge in [0.15, 0.2) is 11.2 Å². The number of phosphoric ester groups is 1. The number of fused-ring (bicyclic) bond motifs is 1. The van der Waals surface area contributed by atoms with Crippen LogP contribution in [0.2, 0.25) is 0 Å². The van der Waals surface area contributed by atoms with E-state index in [0.29, 0.717) is 5.56 Å². The van der Waals surface area contributed by atoms with Gasteiger partial charge < -0.3 is 45.6 Å². The maximum atomic E-state index is 12.0. The predicted molar refractivity (Wildman–Crippen MR) is 152 cm³/mol. The summed E-state index contributed by atoms with van der Waals surface area (Å²) >= 11 is 0. The van der Waals surface area contributed by atoms with Gasteiger partial charge in [-0.05, 0) is 19.1 Å². The summed E-state index contributed by atoms with van der Waals surface area (Å²) in [5.41, 5.74) is 11.7. The number of nitro benzene ring substituents is 1. The van der Waals surface area contributed by atoms with Crippen LogP contribution in [0.25, 0.3) is 11.2 Å². The van der Waals surface area contributed by atoms with Crippen molar-refractivity contribution in [2.75, 3.05) is 18.9 Å². The lowest BCUT2D eigenvalue weighted by Crippen LogP contribution is -2.26. The molecule has 46 heavy (non-hydrogen) atoms. The molecule has 3 unspecified atom stereocenters. The number of hydrogen-bond donors (Lipinski definition) is 7. The third-order valence-corrected chi connectivity index (χ3v) is 9.83. The van der Waals surface area contributed by atoms with Crippen molar-refractivity contribution in [3.8, 4) is 17.7 Å². The average Bonchev–Trinajstić information content (AvgIpc) is 3.51. The zero-order valence-electron chi connectivity index (χ0n) is 23.3.